The minimum absolute atomic E-state index is 0.0580. The van der Waals surface area contributed by atoms with Crippen molar-refractivity contribution in [1.29, 1.82) is 0 Å². The van der Waals surface area contributed by atoms with Crippen molar-refractivity contribution in [2.45, 2.75) is 25.4 Å². The van der Waals surface area contributed by atoms with E-state index in [2.05, 4.69) is 20.2 Å². The van der Waals surface area contributed by atoms with Crippen LogP contribution in [0.4, 0.5) is 5.82 Å². The zero-order chi connectivity index (χ0) is 19.3. The van der Waals surface area contributed by atoms with Gasteiger partial charge in [0.25, 0.3) is 0 Å². The molecule has 0 radical (unpaired) electrons. The normalized spacial score (nSPS) is 15.4. The summed E-state index contributed by atoms with van der Waals surface area (Å²) in [6.45, 7) is 2.63. The molecular formula is C21H22N4O3. The van der Waals surface area contributed by atoms with Crippen molar-refractivity contribution >= 4 is 11.8 Å². The molecule has 0 bridgehead atoms. The van der Waals surface area contributed by atoms with E-state index in [4.69, 9.17) is 9.52 Å². The molecule has 0 saturated carbocycles. The molecule has 0 unspecified atom stereocenters. The number of nitrogens with one attached hydrogen (secondary N) is 1. The monoisotopic (exact) mass is 378 g/mol. The summed E-state index contributed by atoms with van der Waals surface area (Å²) in [5.41, 5.74) is 1.97. The number of pyridine rings is 1. The minimum Gasteiger partial charge on any atom is -0.477 e. The fraction of sp³-hybridized carbons (Fsp3) is 0.286. The van der Waals surface area contributed by atoms with Gasteiger partial charge in [0.1, 0.15) is 12.1 Å². The third-order valence-electron chi connectivity index (χ3n) is 4.87. The molecule has 0 amide bonds. The van der Waals surface area contributed by atoms with Crippen molar-refractivity contribution in [2.75, 3.05) is 18.4 Å². The first-order valence-electron chi connectivity index (χ1n) is 9.36. The third kappa shape index (κ3) is 4.37. The fourth-order valence-corrected chi connectivity index (χ4v) is 3.40. The summed E-state index contributed by atoms with van der Waals surface area (Å²) in [6.07, 6.45) is 3.65. The van der Waals surface area contributed by atoms with E-state index in [1.54, 1.807) is 18.4 Å². The zero-order valence-corrected chi connectivity index (χ0v) is 15.4. The largest absolute Gasteiger partial charge is 0.477 e. The van der Waals surface area contributed by atoms with Crippen LogP contribution < -0.4 is 5.32 Å². The Morgan fingerprint density at radius 2 is 1.89 bits per heavy atom. The van der Waals surface area contributed by atoms with Gasteiger partial charge in [0.2, 0.25) is 5.89 Å². The maximum Gasteiger partial charge on any atom is 0.354 e. The number of piperidine rings is 1. The van der Waals surface area contributed by atoms with Gasteiger partial charge in [-0.25, -0.2) is 14.8 Å². The molecule has 1 fully saturated rings. The highest BCUT2D eigenvalue weighted by atomic mass is 16.4. The van der Waals surface area contributed by atoms with Crippen LogP contribution in [0.25, 0.3) is 11.5 Å². The molecule has 1 aromatic carbocycles. The van der Waals surface area contributed by atoms with Gasteiger partial charge in [0.15, 0.2) is 5.69 Å². The first kappa shape index (κ1) is 18.2. The second-order valence-electron chi connectivity index (χ2n) is 6.92. The van der Waals surface area contributed by atoms with Gasteiger partial charge in [0, 0.05) is 31.2 Å². The molecule has 2 aromatic heterocycles. The van der Waals surface area contributed by atoms with E-state index in [-0.39, 0.29) is 11.7 Å². The van der Waals surface area contributed by atoms with Crippen molar-refractivity contribution in [3.63, 3.8) is 0 Å². The number of aromatic nitrogens is 2. The summed E-state index contributed by atoms with van der Waals surface area (Å²) >= 11 is 0. The van der Waals surface area contributed by atoms with Gasteiger partial charge in [-0.05, 0) is 37.1 Å². The van der Waals surface area contributed by atoms with E-state index in [9.17, 15) is 4.79 Å². The lowest BCUT2D eigenvalue weighted by atomic mass is 10.0. The Labute approximate surface area is 163 Å². The average Bonchev–Trinajstić information content (AvgIpc) is 3.19. The van der Waals surface area contributed by atoms with Gasteiger partial charge in [0.05, 0.1) is 5.69 Å². The number of benzene rings is 1. The number of aromatic carboxylic acids is 1. The number of oxazole rings is 1. The van der Waals surface area contributed by atoms with Gasteiger partial charge >= 0.3 is 5.97 Å². The number of rotatable bonds is 6. The SMILES string of the molecule is O=C(O)c1cccc(NC2CCN(Cc3coc(-c4ccccc4)n3)CC2)n1. The number of hydrogen-bond donors (Lipinski definition) is 2. The van der Waals surface area contributed by atoms with Gasteiger partial charge in [-0.2, -0.15) is 0 Å². The molecule has 1 saturated heterocycles. The minimum atomic E-state index is -1.01. The van der Waals surface area contributed by atoms with Gasteiger partial charge < -0.3 is 14.8 Å². The Morgan fingerprint density at radius 1 is 1.11 bits per heavy atom. The van der Waals surface area contributed by atoms with Crippen LogP contribution in [0.3, 0.4) is 0 Å². The molecule has 0 spiro atoms. The molecule has 2 N–H and O–H groups in total. The average molecular weight is 378 g/mol. The van der Waals surface area contributed by atoms with Crippen LogP contribution in [0.15, 0.2) is 59.2 Å². The number of carboxylic acids is 1. The fourth-order valence-electron chi connectivity index (χ4n) is 3.40. The number of anilines is 1. The summed E-state index contributed by atoms with van der Waals surface area (Å²) in [7, 11) is 0. The number of carboxylic acid groups (broad SMARTS) is 1. The molecule has 7 nitrogen and oxygen atoms in total. The highest BCUT2D eigenvalue weighted by Gasteiger charge is 2.21. The Hall–Kier alpha value is -3.19. The second kappa shape index (κ2) is 8.22. The van der Waals surface area contributed by atoms with E-state index in [1.807, 2.05) is 30.3 Å². The molecule has 7 heteroatoms. The van der Waals surface area contributed by atoms with Crippen molar-refractivity contribution < 1.29 is 14.3 Å². The van der Waals surface area contributed by atoms with Crippen molar-refractivity contribution in [3.05, 3.63) is 66.2 Å². The predicted octanol–water partition coefficient (Wildman–Crippen LogP) is 3.51. The molecule has 4 rings (SSSR count). The van der Waals surface area contributed by atoms with Crippen molar-refractivity contribution in [3.8, 4) is 11.5 Å². The molecule has 144 valence electrons. The Kier molecular flexibility index (Phi) is 5.34. The molecule has 1 aliphatic rings. The van der Waals surface area contributed by atoms with E-state index in [1.165, 1.54) is 6.07 Å². The topological polar surface area (TPSA) is 91.5 Å². The van der Waals surface area contributed by atoms with Crippen LogP contribution in [0, 0.1) is 0 Å². The number of likely N-dealkylation sites (tertiary alicyclic amines) is 1. The van der Waals surface area contributed by atoms with E-state index < -0.39 is 5.97 Å². The van der Waals surface area contributed by atoms with Crippen molar-refractivity contribution in [2.24, 2.45) is 0 Å². The molecular weight excluding hydrogens is 356 g/mol. The Balaban J connectivity index is 1.29. The summed E-state index contributed by atoms with van der Waals surface area (Å²) < 4.78 is 5.62. The molecule has 28 heavy (non-hydrogen) atoms. The van der Waals surface area contributed by atoms with Crippen LogP contribution in [0.2, 0.25) is 0 Å². The van der Waals surface area contributed by atoms with Gasteiger partial charge in [-0.1, -0.05) is 24.3 Å². The lowest BCUT2D eigenvalue weighted by Crippen LogP contribution is -2.38. The quantitative estimate of drug-likeness (QED) is 0.678. The molecule has 0 atom stereocenters. The third-order valence-corrected chi connectivity index (χ3v) is 4.87. The van der Waals surface area contributed by atoms with E-state index in [0.717, 1.165) is 43.7 Å². The smallest absolute Gasteiger partial charge is 0.354 e. The first-order valence-corrected chi connectivity index (χ1v) is 9.36. The molecule has 1 aliphatic heterocycles. The Bertz CT molecular complexity index is 934. The standard InChI is InChI=1S/C21H22N4O3/c26-21(27)18-7-4-8-19(24-18)22-16-9-11-25(12-10-16)13-17-14-28-20(23-17)15-5-2-1-3-6-15/h1-8,14,16H,9-13H2,(H,22,24)(H,26,27). The van der Waals surface area contributed by atoms with Crippen LogP contribution >= 0.6 is 0 Å². The van der Waals surface area contributed by atoms with Crippen LogP contribution in [-0.4, -0.2) is 45.1 Å². The maximum atomic E-state index is 11.0. The summed E-state index contributed by atoms with van der Waals surface area (Å²) in [5, 5.41) is 12.4. The van der Waals surface area contributed by atoms with Crippen LogP contribution in [-0.2, 0) is 6.54 Å². The lowest BCUT2D eigenvalue weighted by Gasteiger charge is -2.32. The zero-order valence-electron chi connectivity index (χ0n) is 15.4. The predicted molar refractivity (Wildman–Crippen MR) is 105 cm³/mol. The summed E-state index contributed by atoms with van der Waals surface area (Å²) in [6, 6.07) is 15.2. The van der Waals surface area contributed by atoms with E-state index in [0.29, 0.717) is 11.7 Å². The van der Waals surface area contributed by atoms with Crippen LogP contribution in [0.1, 0.15) is 29.0 Å². The maximum absolute atomic E-state index is 11.0. The van der Waals surface area contributed by atoms with Crippen LogP contribution in [0.5, 0.6) is 0 Å². The second-order valence-corrected chi connectivity index (χ2v) is 6.92. The number of nitrogens with zero attached hydrogens (tertiary/aromatic N) is 3. The highest BCUT2D eigenvalue weighted by Crippen LogP contribution is 2.21. The molecule has 0 aliphatic carbocycles. The van der Waals surface area contributed by atoms with Gasteiger partial charge in [-0.15, -0.1) is 0 Å². The highest BCUT2D eigenvalue weighted by molar-refractivity contribution is 5.85. The number of carbonyl (C=O) groups is 1. The van der Waals surface area contributed by atoms with E-state index >= 15 is 0 Å². The first-order chi connectivity index (χ1) is 13.7. The summed E-state index contributed by atoms with van der Waals surface area (Å²) in [5.74, 6) is 0.250. The van der Waals surface area contributed by atoms with Crippen molar-refractivity contribution in [1.82, 2.24) is 14.9 Å². The lowest BCUT2D eigenvalue weighted by molar-refractivity contribution is 0.0690. The molecule has 3 heterocycles. The Morgan fingerprint density at radius 3 is 2.64 bits per heavy atom. The summed E-state index contributed by atoms with van der Waals surface area (Å²) in [4.78, 5) is 22.1. The molecule has 3 aromatic rings. The number of hydrogen-bond acceptors (Lipinski definition) is 6. The van der Waals surface area contributed by atoms with Gasteiger partial charge in [-0.3, -0.25) is 4.90 Å².